The summed E-state index contributed by atoms with van der Waals surface area (Å²) in [4.78, 5) is 14.1. The summed E-state index contributed by atoms with van der Waals surface area (Å²) in [6.45, 7) is 4.28. The summed E-state index contributed by atoms with van der Waals surface area (Å²) in [5.74, 6) is 1.10. The fourth-order valence-corrected chi connectivity index (χ4v) is 3.28. The van der Waals surface area contributed by atoms with Gasteiger partial charge >= 0.3 is 0 Å². The van der Waals surface area contributed by atoms with Crippen LogP contribution in [0.2, 0.25) is 0 Å². The van der Waals surface area contributed by atoms with Crippen molar-refractivity contribution in [1.29, 1.82) is 0 Å². The Morgan fingerprint density at radius 1 is 0.846 bits per heavy atom. The molecule has 26 heavy (non-hydrogen) atoms. The van der Waals surface area contributed by atoms with Crippen LogP contribution in [0.25, 0.3) is 22.4 Å². The van der Waals surface area contributed by atoms with Crippen molar-refractivity contribution >= 4 is 11.0 Å². The van der Waals surface area contributed by atoms with Gasteiger partial charge in [-0.3, -0.25) is 9.97 Å². The van der Waals surface area contributed by atoms with Crippen LogP contribution in [0.1, 0.15) is 22.6 Å². The number of nitrogens with zero attached hydrogens (tertiary/aromatic N) is 4. The fourth-order valence-electron chi connectivity index (χ4n) is 3.28. The van der Waals surface area contributed by atoms with Crippen LogP contribution < -0.4 is 0 Å². The number of hydrogen-bond acceptors (Lipinski definition) is 3. The normalized spacial score (nSPS) is 11.2. The number of aryl methyl sites for hydroxylation is 5. The Morgan fingerprint density at radius 2 is 1.69 bits per heavy atom. The number of pyridine rings is 2. The zero-order valence-corrected chi connectivity index (χ0v) is 15.4. The van der Waals surface area contributed by atoms with Crippen LogP contribution >= 0.6 is 0 Å². The molecule has 0 fully saturated rings. The molecule has 1 aromatic carbocycles. The van der Waals surface area contributed by atoms with Gasteiger partial charge < -0.3 is 4.57 Å². The van der Waals surface area contributed by atoms with E-state index in [4.69, 9.17) is 9.97 Å². The Balaban J connectivity index is 1.59. The number of aromatic nitrogens is 4. The van der Waals surface area contributed by atoms with Crippen LogP contribution in [-0.2, 0) is 19.9 Å². The quantitative estimate of drug-likeness (QED) is 0.551. The molecule has 0 saturated heterocycles. The minimum absolute atomic E-state index is 0.857. The summed E-state index contributed by atoms with van der Waals surface area (Å²) < 4.78 is 2.20. The molecule has 4 heteroatoms. The van der Waals surface area contributed by atoms with Crippen molar-refractivity contribution in [3.8, 4) is 11.4 Å². The Bertz CT molecular complexity index is 1060. The van der Waals surface area contributed by atoms with E-state index in [1.54, 1.807) is 6.20 Å². The van der Waals surface area contributed by atoms with Crippen LogP contribution in [-0.4, -0.2) is 19.5 Å². The van der Waals surface area contributed by atoms with E-state index in [1.165, 1.54) is 16.6 Å². The van der Waals surface area contributed by atoms with Gasteiger partial charge in [-0.25, -0.2) is 4.98 Å². The first-order chi connectivity index (χ1) is 12.6. The van der Waals surface area contributed by atoms with Crippen molar-refractivity contribution < 1.29 is 0 Å². The van der Waals surface area contributed by atoms with Gasteiger partial charge in [-0.05, 0) is 61.7 Å². The highest BCUT2D eigenvalue weighted by Gasteiger charge is 2.11. The standard InChI is InChI=1S/C22H22N4/c1-15-10-12-20-22(16(15)2)25-21(26(20)3)13-11-17-7-6-9-19(24-17)18-8-4-5-14-23-18/h4-10,12,14H,11,13H2,1-3H3. The maximum Gasteiger partial charge on any atom is 0.109 e. The van der Waals surface area contributed by atoms with Crippen molar-refractivity contribution in [2.75, 3.05) is 0 Å². The molecule has 4 aromatic rings. The molecule has 0 aliphatic heterocycles. The van der Waals surface area contributed by atoms with Crippen LogP contribution in [0.5, 0.6) is 0 Å². The molecule has 3 heterocycles. The van der Waals surface area contributed by atoms with Gasteiger partial charge in [0, 0.05) is 25.4 Å². The predicted molar refractivity (Wildman–Crippen MR) is 105 cm³/mol. The number of imidazole rings is 1. The third-order valence-corrected chi connectivity index (χ3v) is 5.01. The average molecular weight is 342 g/mol. The van der Waals surface area contributed by atoms with E-state index in [9.17, 15) is 0 Å². The van der Waals surface area contributed by atoms with Gasteiger partial charge in [0.2, 0.25) is 0 Å². The summed E-state index contributed by atoms with van der Waals surface area (Å²) in [6.07, 6.45) is 3.52. The van der Waals surface area contributed by atoms with Crippen molar-refractivity contribution in [1.82, 2.24) is 19.5 Å². The van der Waals surface area contributed by atoms with E-state index in [-0.39, 0.29) is 0 Å². The SMILES string of the molecule is Cc1ccc2c(nc(CCc3cccc(-c4ccccn4)n3)n2C)c1C. The largest absolute Gasteiger partial charge is 0.331 e. The molecule has 4 rings (SSSR count). The Labute approximate surface area is 153 Å². The molecule has 0 atom stereocenters. The highest BCUT2D eigenvalue weighted by molar-refractivity contribution is 5.80. The fraction of sp³-hybridized carbons (Fsp3) is 0.227. The van der Waals surface area contributed by atoms with Crippen LogP contribution in [0.15, 0.2) is 54.7 Å². The van der Waals surface area contributed by atoms with Crippen LogP contribution in [0.4, 0.5) is 0 Å². The van der Waals surface area contributed by atoms with Gasteiger partial charge in [0.25, 0.3) is 0 Å². The second-order valence-corrected chi connectivity index (χ2v) is 6.69. The van der Waals surface area contributed by atoms with Gasteiger partial charge in [-0.1, -0.05) is 18.2 Å². The van der Waals surface area contributed by atoms with Crippen LogP contribution in [0, 0.1) is 13.8 Å². The summed E-state index contributed by atoms with van der Waals surface area (Å²) >= 11 is 0. The maximum absolute atomic E-state index is 4.89. The van der Waals surface area contributed by atoms with Crippen molar-refractivity contribution in [2.45, 2.75) is 26.7 Å². The second kappa shape index (κ2) is 6.71. The summed E-state index contributed by atoms with van der Waals surface area (Å²) in [5, 5.41) is 0. The van der Waals surface area contributed by atoms with E-state index in [0.29, 0.717) is 0 Å². The lowest BCUT2D eigenvalue weighted by atomic mass is 10.1. The van der Waals surface area contributed by atoms with E-state index in [1.807, 2.05) is 24.3 Å². The number of rotatable bonds is 4. The topological polar surface area (TPSA) is 43.6 Å². The first kappa shape index (κ1) is 16.5. The molecule has 3 aromatic heterocycles. The minimum Gasteiger partial charge on any atom is -0.331 e. The predicted octanol–water partition coefficient (Wildman–Crippen LogP) is 4.43. The van der Waals surface area contributed by atoms with Gasteiger partial charge in [0.05, 0.1) is 22.4 Å². The first-order valence-corrected chi connectivity index (χ1v) is 8.92. The molecule has 0 unspecified atom stereocenters. The Hall–Kier alpha value is -3.01. The lowest BCUT2D eigenvalue weighted by Crippen LogP contribution is -2.02. The molecule has 0 amide bonds. The molecule has 0 bridgehead atoms. The number of hydrogen-bond donors (Lipinski definition) is 0. The van der Waals surface area contributed by atoms with Gasteiger partial charge in [-0.2, -0.15) is 0 Å². The van der Waals surface area contributed by atoms with Gasteiger partial charge in [0.15, 0.2) is 0 Å². The highest BCUT2D eigenvalue weighted by Crippen LogP contribution is 2.22. The lowest BCUT2D eigenvalue weighted by molar-refractivity contribution is 0.776. The van der Waals surface area contributed by atoms with E-state index < -0.39 is 0 Å². The molecule has 0 N–H and O–H groups in total. The molecule has 0 aliphatic rings. The van der Waals surface area contributed by atoms with Crippen molar-refractivity contribution in [3.63, 3.8) is 0 Å². The Morgan fingerprint density at radius 3 is 2.50 bits per heavy atom. The van der Waals surface area contributed by atoms with Gasteiger partial charge in [0.1, 0.15) is 5.82 Å². The molecule has 0 saturated carbocycles. The molecular weight excluding hydrogens is 320 g/mol. The summed E-state index contributed by atoms with van der Waals surface area (Å²) in [5.41, 5.74) is 7.73. The molecule has 0 radical (unpaired) electrons. The lowest BCUT2D eigenvalue weighted by Gasteiger charge is -2.05. The summed E-state index contributed by atoms with van der Waals surface area (Å²) in [6, 6.07) is 16.4. The third-order valence-electron chi connectivity index (χ3n) is 5.01. The first-order valence-electron chi connectivity index (χ1n) is 8.92. The van der Waals surface area contributed by atoms with E-state index in [0.717, 1.165) is 41.3 Å². The zero-order valence-electron chi connectivity index (χ0n) is 15.4. The third kappa shape index (κ3) is 2.99. The highest BCUT2D eigenvalue weighted by atomic mass is 15.1. The van der Waals surface area contributed by atoms with Crippen molar-refractivity contribution in [2.24, 2.45) is 7.05 Å². The molecular formula is C22H22N4. The Kier molecular flexibility index (Phi) is 4.25. The van der Waals surface area contributed by atoms with Crippen molar-refractivity contribution in [3.05, 3.63) is 77.4 Å². The maximum atomic E-state index is 4.89. The smallest absolute Gasteiger partial charge is 0.109 e. The van der Waals surface area contributed by atoms with Gasteiger partial charge in [-0.15, -0.1) is 0 Å². The number of benzene rings is 1. The van der Waals surface area contributed by atoms with Crippen LogP contribution in [0.3, 0.4) is 0 Å². The summed E-state index contributed by atoms with van der Waals surface area (Å²) in [7, 11) is 2.09. The molecule has 0 aliphatic carbocycles. The zero-order chi connectivity index (χ0) is 18.1. The number of fused-ring (bicyclic) bond motifs is 1. The molecule has 0 spiro atoms. The monoisotopic (exact) mass is 342 g/mol. The minimum atomic E-state index is 0.857. The van der Waals surface area contributed by atoms with E-state index >= 15 is 0 Å². The molecule has 130 valence electrons. The molecule has 4 nitrogen and oxygen atoms in total. The van der Waals surface area contributed by atoms with E-state index in [2.05, 4.69) is 54.7 Å². The average Bonchev–Trinajstić information content (AvgIpc) is 3.00. The second-order valence-electron chi connectivity index (χ2n) is 6.69.